The van der Waals surface area contributed by atoms with Crippen LogP contribution in [0.15, 0.2) is 85.6 Å². The number of halogens is 2. The van der Waals surface area contributed by atoms with E-state index in [0.717, 1.165) is 20.1 Å². The third-order valence-corrected chi connectivity index (χ3v) is 6.04. The number of fused-ring (bicyclic) bond motifs is 1. The van der Waals surface area contributed by atoms with Crippen molar-refractivity contribution in [3.8, 4) is 5.75 Å². The Labute approximate surface area is 209 Å². The Kier molecular flexibility index (Phi) is 6.81. The smallest absolute Gasteiger partial charge is 0.282 e. The monoisotopic (exact) mass is 567 g/mol. The molecule has 7 heteroatoms. The summed E-state index contributed by atoms with van der Waals surface area (Å²) in [5, 5.41) is 5.07. The Morgan fingerprint density at radius 2 is 1.70 bits per heavy atom. The highest BCUT2D eigenvalue weighted by Gasteiger charge is 2.23. The molecule has 0 radical (unpaired) electrons. The van der Waals surface area contributed by atoms with Crippen molar-refractivity contribution in [1.82, 2.24) is 9.66 Å². The number of hydrogen-bond acceptors (Lipinski definition) is 4. The lowest BCUT2D eigenvalue weighted by Crippen LogP contribution is -2.29. The van der Waals surface area contributed by atoms with Gasteiger partial charge in [0.25, 0.3) is 5.56 Å². The zero-order valence-electron chi connectivity index (χ0n) is 18.5. The molecule has 4 aromatic rings. The van der Waals surface area contributed by atoms with E-state index in [1.807, 2.05) is 81.4 Å². The Balaban J connectivity index is 1.72. The molecular formula is C26H23Br2N3O2. The van der Waals surface area contributed by atoms with Crippen LogP contribution in [0, 0.1) is 0 Å². The van der Waals surface area contributed by atoms with Gasteiger partial charge in [-0.1, -0.05) is 76.9 Å². The van der Waals surface area contributed by atoms with Gasteiger partial charge in [0.2, 0.25) is 0 Å². The third kappa shape index (κ3) is 5.42. The first-order valence-corrected chi connectivity index (χ1v) is 12.0. The van der Waals surface area contributed by atoms with Crippen LogP contribution in [-0.4, -0.2) is 15.9 Å². The predicted molar refractivity (Wildman–Crippen MR) is 140 cm³/mol. The molecule has 0 atom stereocenters. The highest BCUT2D eigenvalue weighted by molar-refractivity contribution is 9.10. The lowest BCUT2D eigenvalue weighted by molar-refractivity contribution is 0.306. The summed E-state index contributed by atoms with van der Waals surface area (Å²) in [6, 6.07) is 21.1. The van der Waals surface area contributed by atoms with E-state index in [0.29, 0.717) is 29.1 Å². The molecule has 1 aromatic heterocycles. The second-order valence-electron chi connectivity index (χ2n) is 8.66. The van der Waals surface area contributed by atoms with Crippen LogP contribution >= 0.6 is 31.9 Å². The third-order valence-electron chi connectivity index (χ3n) is 5.02. The van der Waals surface area contributed by atoms with Gasteiger partial charge in [0.05, 0.1) is 17.1 Å². The van der Waals surface area contributed by atoms with Crippen LogP contribution in [0.5, 0.6) is 5.75 Å². The molecule has 4 rings (SSSR count). The van der Waals surface area contributed by atoms with E-state index >= 15 is 0 Å². The summed E-state index contributed by atoms with van der Waals surface area (Å²) in [6.45, 7) is 6.47. The molecule has 0 spiro atoms. The first-order chi connectivity index (χ1) is 15.7. The van der Waals surface area contributed by atoms with Crippen LogP contribution in [-0.2, 0) is 12.0 Å². The SMILES string of the molecule is CC(C)(C)c1nc2ccc(Br)cc2c(=O)n1N=Cc1ccccc1OCc1ccc(Br)cc1. The molecule has 33 heavy (non-hydrogen) atoms. The first kappa shape index (κ1) is 23.4. The Hall–Kier alpha value is -2.77. The van der Waals surface area contributed by atoms with Gasteiger partial charge in [-0.05, 0) is 48.0 Å². The molecule has 3 aromatic carbocycles. The van der Waals surface area contributed by atoms with E-state index in [1.54, 1.807) is 12.3 Å². The van der Waals surface area contributed by atoms with Crippen molar-refractivity contribution in [1.29, 1.82) is 0 Å². The maximum absolute atomic E-state index is 13.3. The zero-order valence-corrected chi connectivity index (χ0v) is 21.7. The maximum Gasteiger partial charge on any atom is 0.282 e. The first-order valence-electron chi connectivity index (χ1n) is 10.5. The molecule has 0 fully saturated rings. The number of hydrogen-bond donors (Lipinski definition) is 0. The van der Waals surface area contributed by atoms with Gasteiger partial charge in [0, 0.05) is 19.9 Å². The second kappa shape index (κ2) is 9.61. The minimum absolute atomic E-state index is 0.212. The molecule has 168 valence electrons. The van der Waals surface area contributed by atoms with Crippen molar-refractivity contribution in [2.75, 3.05) is 0 Å². The molecule has 0 N–H and O–H groups in total. The molecule has 0 bridgehead atoms. The van der Waals surface area contributed by atoms with E-state index in [2.05, 4.69) is 37.0 Å². The van der Waals surface area contributed by atoms with Crippen LogP contribution in [0.3, 0.4) is 0 Å². The predicted octanol–water partition coefficient (Wildman–Crippen LogP) is 6.68. The molecule has 0 saturated heterocycles. The van der Waals surface area contributed by atoms with Crippen molar-refractivity contribution in [2.24, 2.45) is 5.10 Å². The number of benzene rings is 3. The largest absolute Gasteiger partial charge is 0.488 e. The minimum Gasteiger partial charge on any atom is -0.488 e. The standard InChI is InChI=1S/C26H23Br2N3O2/c1-26(2,3)25-30-22-13-12-20(28)14-21(22)24(32)31(25)29-15-18-6-4-5-7-23(18)33-16-17-8-10-19(27)11-9-17/h4-15H,16H2,1-3H3. The molecule has 1 heterocycles. The van der Waals surface area contributed by atoms with E-state index < -0.39 is 0 Å². The molecule has 0 aliphatic heterocycles. The fraction of sp³-hybridized carbons (Fsp3) is 0.192. The van der Waals surface area contributed by atoms with Gasteiger partial charge >= 0.3 is 0 Å². The summed E-state index contributed by atoms with van der Waals surface area (Å²) < 4.78 is 9.28. The summed E-state index contributed by atoms with van der Waals surface area (Å²) >= 11 is 6.89. The van der Waals surface area contributed by atoms with Gasteiger partial charge in [-0.3, -0.25) is 4.79 Å². The maximum atomic E-state index is 13.3. The zero-order chi connectivity index (χ0) is 23.6. The van der Waals surface area contributed by atoms with Gasteiger partial charge in [-0.15, -0.1) is 0 Å². The summed E-state index contributed by atoms with van der Waals surface area (Å²) in [5.41, 5.74) is 1.89. The van der Waals surface area contributed by atoms with Gasteiger partial charge in [0.1, 0.15) is 18.2 Å². The fourth-order valence-electron chi connectivity index (χ4n) is 3.32. The van der Waals surface area contributed by atoms with E-state index in [-0.39, 0.29) is 11.0 Å². The van der Waals surface area contributed by atoms with Crippen molar-refractivity contribution >= 4 is 49.0 Å². The van der Waals surface area contributed by atoms with E-state index in [4.69, 9.17) is 9.72 Å². The normalized spacial score (nSPS) is 11.9. The fourth-order valence-corrected chi connectivity index (χ4v) is 3.95. The van der Waals surface area contributed by atoms with Crippen molar-refractivity contribution in [2.45, 2.75) is 32.8 Å². The Morgan fingerprint density at radius 3 is 2.42 bits per heavy atom. The molecule has 0 aliphatic carbocycles. The van der Waals surface area contributed by atoms with Crippen LogP contribution < -0.4 is 10.3 Å². The molecule has 0 unspecified atom stereocenters. The van der Waals surface area contributed by atoms with Gasteiger partial charge in [-0.2, -0.15) is 9.78 Å². The van der Waals surface area contributed by atoms with Gasteiger partial charge < -0.3 is 4.74 Å². The highest BCUT2D eigenvalue weighted by Crippen LogP contribution is 2.24. The molecular weight excluding hydrogens is 546 g/mol. The lowest BCUT2D eigenvalue weighted by Gasteiger charge is -2.21. The number of aromatic nitrogens is 2. The quantitative estimate of drug-likeness (QED) is 0.252. The highest BCUT2D eigenvalue weighted by atomic mass is 79.9. The van der Waals surface area contributed by atoms with E-state index in [9.17, 15) is 4.79 Å². The average molecular weight is 569 g/mol. The lowest BCUT2D eigenvalue weighted by atomic mass is 9.95. The van der Waals surface area contributed by atoms with E-state index in [1.165, 1.54) is 4.68 Å². The number of ether oxygens (including phenoxy) is 1. The molecule has 0 saturated carbocycles. The van der Waals surface area contributed by atoms with Crippen molar-refractivity contribution in [3.63, 3.8) is 0 Å². The molecule has 5 nitrogen and oxygen atoms in total. The van der Waals surface area contributed by atoms with Crippen LogP contribution in [0.25, 0.3) is 10.9 Å². The molecule has 0 aliphatic rings. The topological polar surface area (TPSA) is 56.5 Å². The number of para-hydroxylation sites is 1. The summed E-state index contributed by atoms with van der Waals surface area (Å²) in [7, 11) is 0. The molecule has 0 amide bonds. The number of nitrogens with zero attached hydrogens (tertiary/aromatic N) is 3. The summed E-state index contributed by atoms with van der Waals surface area (Å²) in [6.07, 6.45) is 1.65. The minimum atomic E-state index is -0.380. The van der Waals surface area contributed by atoms with Gasteiger partial charge in [0.15, 0.2) is 0 Å². The van der Waals surface area contributed by atoms with Crippen LogP contribution in [0.2, 0.25) is 0 Å². The number of rotatable bonds is 5. The summed E-state index contributed by atoms with van der Waals surface area (Å²) in [4.78, 5) is 18.1. The Morgan fingerprint density at radius 1 is 1.00 bits per heavy atom. The second-order valence-corrected chi connectivity index (χ2v) is 10.5. The summed E-state index contributed by atoms with van der Waals surface area (Å²) in [5.74, 6) is 1.28. The van der Waals surface area contributed by atoms with Crippen molar-refractivity contribution in [3.05, 3.63) is 103 Å². The van der Waals surface area contributed by atoms with Crippen LogP contribution in [0.1, 0.15) is 37.7 Å². The van der Waals surface area contributed by atoms with Gasteiger partial charge in [-0.25, -0.2) is 4.98 Å². The average Bonchev–Trinajstić information content (AvgIpc) is 2.78. The Bertz CT molecular complexity index is 1390. The van der Waals surface area contributed by atoms with Crippen molar-refractivity contribution < 1.29 is 4.74 Å². The van der Waals surface area contributed by atoms with Crippen LogP contribution in [0.4, 0.5) is 0 Å².